The average Bonchev–Trinajstić information content (AvgIpc) is 2.37. The summed E-state index contributed by atoms with van der Waals surface area (Å²) in [4.78, 5) is 2.22. The summed E-state index contributed by atoms with van der Waals surface area (Å²) >= 11 is 6.21. The molecule has 0 amide bonds. The maximum absolute atomic E-state index is 13.2. The second kappa shape index (κ2) is 6.85. The van der Waals surface area contributed by atoms with Crippen molar-refractivity contribution in [2.24, 2.45) is 0 Å². The Morgan fingerprint density at radius 2 is 2.25 bits per heavy atom. The molecule has 0 aromatic heterocycles. The average molecular weight is 301 g/mol. The zero-order valence-electron chi connectivity index (χ0n) is 12.2. The van der Waals surface area contributed by atoms with Gasteiger partial charge in [-0.25, -0.2) is 4.39 Å². The van der Waals surface area contributed by atoms with E-state index in [0.717, 1.165) is 18.7 Å². The predicted octanol–water partition coefficient (Wildman–Crippen LogP) is 2.85. The molecular weight excluding hydrogens is 279 g/mol. The zero-order chi connectivity index (χ0) is 14.7. The minimum absolute atomic E-state index is 0.0131. The van der Waals surface area contributed by atoms with Crippen molar-refractivity contribution >= 4 is 11.6 Å². The van der Waals surface area contributed by atoms with Crippen LogP contribution in [0.25, 0.3) is 0 Å². The highest BCUT2D eigenvalue weighted by molar-refractivity contribution is 6.31. The molecule has 1 aromatic carbocycles. The van der Waals surface area contributed by atoms with E-state index in [2.05, 4.69) is 31.1 Å². The van der Waals surface area contributed by atoms with Crippen molar-refractivity contribution in [3.05, 3.63) is 34.6 Å². The van der Waals surface area contributed by atoms with E-state index in [1.165, 1.54) is 12.1 Å². The SMILES string of the molecule is CC(C)NCC1OCCN(C)C1c1ccc(F)cc1Cl. The number of hydrogen-bond donors (Lipinski definition) is 1. The standard InChI is InChI=1S/C15H22ClFN2O/c1-10(2)18-9-14-15(19(3)6-7-20-14)12-5-4-11(17)8-13(12)16/h4-5,8,10,14-15,18H,6-7,9H2,1-3H3. The number of hydrogen-bond acceptors (Lipinski definition) is 3. The number of morpholine rings is 1. The summed E-state index contributed by atoms with van der Waals surface area (Å²) in [6.07, 6.45) is 0.0131. The van der Waals surface area contributed by atoms with Crippen LogP contribution in [0.1, 0.15) is 25.5 Å². The Balaban J connectivity index is 2.22. The van der Waals surface area contributed by atoms with Gasteiger partial charge >= 0.3 is 0 Å². The van der Waals surface area contributed by atoms with Crippen LogP contribution in [0.15, 0.2) is 18.2 Å². The second-order valence-corrected chi connectivity index (χ2v) is 5.97. The van der Waals surface area contributed by atoms with E-state index < -0.39 is 0 Å². The molecule has 2 atom stereocenters. The molecule has 1 fully saturated rings. The molecule has 112 valence electrons. The number of nitrogens with zero attached hydrogens (tertiary/aromatic N) is 1. The van der Waals surface area contributed by atoms with Crippen molar-refractivity contribution in [2.75, 3.05) is 26.7 Å². The van der Waals surface area contributed by atoms with Gasteiger partial charge in [0.2, 0.25) is 0 Å². The van der Waals surface area contributed by atoms with Gasteiger partial charge in [0.05, 0.1) is 18.8 Å². The zero-order valence-corrected chi connectivity index (χ0v) is 13.0. The molecule has 1 heterocycles. The number of nitrogens with one attached hydrogen (secondary N) is 1. The van der Waals surface area contributed by atoms with Crippen LogP contribution in [0.5, 0.6) is 0 Å². The second-order valence-electron chi connectivity index (χ2n) is 5.56. The van der Waals surface area contributed by atoms with E-state index in [-0.39, 0.29) is 18.0 Å². The highest BCUT2D eigenvalue weighted by atomic mass is 35.5. The van der Waals surface area contributed by atoms with Crippen LogP contribution in [0.2, 0.25) is 5.02 Å². The molecule has 0 spiro atoms. The number of halogens is 2. The van der Waals surface area contributed by atoms with Crippen molar-refractivity contribution in [1.29, 1.82) is 0 Å². The minimum atomic E-state index is -0.310. The smallest absolute Gasteiger partial charge is 0.124 e. The van der Waals surface area contributed by atoms with Crippen LogP contribution in [-0.2, 0) is 4.74 Å². The lowest BCUT2D eigenvalue weighted by atomic mass is 9.98. The molecular formula is C15H22ClFN2O. The fraction of sp³-hybridized carbons (Fsp3) is 0.600. The molecule has 0 aliphatic carbocycles. The first kappa shape index (κ1) is 15.7. The Labute approximate surface area is 125 Å². The lowest BCUT2D eigenvalue weighted by Crippen LogP contribution is -2.48. The van der Waals surface area contributed by atoms with Gasteiger partial charge in [0, 0.05) is 24.2 Å². The highest BCUT2D eigenvalue weighted by Gasteiger charge is 2.32. The van der Waals surface area contributed by atoms with Gasteiger partial charge in [0.1, 0.15) is 5.82 Å². The summed E-state index contributed by atoms with van der Waals surface area (Å²) in [5.41, 5.74) is 0.922. The molecule has 1 aliphatic heterocycles. The summed E-state index contributed by atoms with van der Waals surface area (Å²) in [5.74, 6) is -0.310. The Hall–Kier alpha value is -0.680. The van der Waals surface area contributed by atoms with Gasteiger partial charge in [-0.2, -0.15) is 0 Å². The summed E-state index contributed by atoms with van der Waals surface area (Å²) in [7, 11) is 2.05. The Morgan fingerprint density at radius 3 is 2.90 bits per heavy atom. The van der Waals surface area contributed by atoms with Crippen LogP contribution in [0.4, 0.5) is 4.39 Å². The fourth-order valence-corrected chi connectivity index (χ4v) is 2.84. The van der Waals surface area contributed by atoms with Crippen molar-refractivity contribution in [3.63, 3.8) is 0 Å². The van der Waals surface area contributed by atoms with Gasteiger partial charge in [0.25, 0.3) is 0 Å². The fourth-order valence-electron chi connectivity index (χ4n) is 2.56. The van der Waals surface area contributed by atoms with Gasteiger partial charge < -0.3 is 10.1 Å². The molecule has 2 unspecified atom stereocenters. The van der Waals surface area contributed by atoms with Crippen LogP contribution < -0.4 is 5.32 Å². The highest BCUT2D eigenvalue weighted by Crippen LogP contribution is 2.33. The molecule has 0 bridgehead atoms. The van der Waals surface area contributed by atoms with Gasteiger partial charge in [-0.1, -0.05) is 31.5 Å². The maximum Gasteiger partial charge on any atom is 0.124 e. The van der Waals surface area contributed by atoms with Crippen molar-refractivity contribution in [1.82, 2.24) is 10.2 Å². The molecule has 1 aromatic rings. The van der Waals surface area contributed by atoms with Crippen molar-refractivity contribution < 1.29 is 9.13 Å². The van der Waals surface area contributed by atoms with E-state index in [1.807, 2.05) is 0 Å². The lowest BCUT2D eigenvalue weighted by molar-refractivity contribution is -0.0620. The number of ether oxygens (including phenoxy) is 1. The van der Waals surface area contributed by atoms with Gasteiger partial charge in [-0.3, -0.25) is 4.90 Å². The van der Waals surface area contributed by atoms with Crippen molar-refractivity contribution in [3.8, 4) is 0 Å². The minimum Gasteiger partial charge on any atom is -0.374 e. The van der Waals surface area contributed by atoms with Crippen LogP contribution in [0.3, 0.4) is 0 Å². The summed E-state index contributed by atoms with van der Waals surface area (Å²) in [6.45, 7) is 6.51. The normalized spacial score (nSPS) is 24.3. The summed E-state index contributed by atoms with van der Waals surface area (Å²) < 4.78 is 19.1. The van der Waals surface area contributed by atoms with E-state index in [9.17, 15) is 4.39 Å². The Bertz CT molecular complexity index is 455. The molecule has 3 nitrogen and oxygen atoms in total. The first-order valence-electron chi connectivity index (χ1n) is 6.99. The largest absolute Gasteiger partial charge is 0.374 e. The number of rotatable bonds is 4. The van der Waals surface area contributed by atoms with Crippen molar-refractivity contribution in [2.45, 2.75) is 32.0 Å². The Morgan fingerprint density at radius 1 is 1.50 bits per heavy atom. The van der Waals surface area contributed by atoms with Crippen LogP contribution in [-0.4, -0.2) is 43.8 Å². The quantitative estimate of drug-likeness (QED) is 0.925. The van der Waals surface area contributed by atoms with E-state index >= 15 is 0 Å². The monoisotopic (exact) mass is 300 g/mol. The molecule has 0 saturated carbocycles. The summed E-state index contributed by atoms with van der Waals surface area (Å²) in [5, 5.41) is 3.86. The lowest BCUT2D eigenvalue weighted by Gasteiger charge is -2.40. The van der Waals surface area contributed by atoms with E-state index in [1.54, 1.807) is 6.07 Å². The third kappa shape index (κ3) is 3.70. The number of benzene rings is 1. The van der Waals surface area contributed by atoms with Gasteiger partial charge in [-0.05, 0) is 24.7 Å². The van der Waals surface area contributed by atoms with E-state index in [0.29, 0.717) is 17.7 Å². The third-order valence-electron chi connectivity index (χ3n) is 3.61. The van der Waals surface area contributed by atoms with Crippen LogP contribution >= 0.6 is 11.6 Å². The molecule has 0 radical (unpaired) electrons. The van der Waals surface area contributed by atoms with Gasteiger partial charge in [-0.15, -0.1) is 0 Å². The first-order chi connectivity index (χ1) is 9.49. The topological polar surface area (TPSA) is 24.5 Å². The molecule has 1 aliphatic rings. The third-order valence-corrected chi connectivity index (χ3v) is 3.94. The molecule has 20 heavy (non-hydrogen) atoms. The van der Waals surface area contributed by atoms with Crippen LogP contribution in [0, 0.1) is 5.82 Å². The first-order valence-corrected chi connectivity index (χ1v) is 7.37. The Kier molecular flexibility index (Phi) is 5.38. The molecule has 2 rings (SSSR count). The molecule has 1 saturated heterocycles. The number of likely N-dealkylation sites (N-methyl/N-ethyl adjacent to an activating group) is 1. The van der Waals surface area contributed by atoms with E-state index in [4.69, 9.17) is 16.3 Å². The maximum atomic E-state index is 13.2. The molecule has 1 N–H and O–H groups in total. The molecule has 5 heteroatoms. The summed E-state index contributed by atoms with van der Waals surface area (Å²) in [6, 6.07) is 5.02. The van der Waals surface area contributed by atoms with Gasteiger partial charge in [0.15, 0.2) is 0 Å². The predicted molar refractivity (Wildman–Crippen MR) is 79.7 cm³/mol.